The number of benzene rings is 5. The smallest absolute Gasteiger partial charge is 0.414 e. The van der Waals surface area contributed by atoms with Crippen LogP contribution in [0, 0.1) is 20.2 Å². The minimum Gasteiger partial charge on any atom is -0.444 e. The maximum absolute atomic E-state index is 14.0. The van der Waals surface area contributed by atoms with Crippen LogP contribution in [0.3, 0.4) is 0 Å². The summed E-state index contributed by atoms with van der Waals surface area (Å²) in [6.45, 7) is 7.52. The van der Waals surface area contributed by atoms with Gasteiger partial charge in [-0.25, -0.2) is 14.4 Å². The summed E-state index contributed by atoms with van der Waals surface area (Å²) in [5.74, 6) is -3.81. The van der Waals surface area contributed by atoms with Gasteiger partial charge in [0.15, 0.2) is 5.60 Å². The van der Waals surface area contributed by atoms with Gasteiger partial charge in [-0.3, -0.25) is 48.7 Å². The Morgan fingerprint density at radius 2 is 1.06 bits per heavy atom. The normalized spacial score (nSPS) is 14.0. The molecule has 4 amide bonds. The van der Waals surface area contributed by atoms with Crippen LogP contribution in [0.15, 0.2) is 91.0 Å². The Kier molecular flexibility index (Phi) is 15.4. The Labute approximate surface area is 441 Å². The molecule has 0 bridgehead atoms. The van der Waals surface area contributed by atoms with Crippen LogP contribution in [0.1, 0.15) is 110 Å². The third-order valence-corrected chi connectivity index (χ3v) is 14.7. The third-order valence-electron chi connectivity index (χ3n) is 13.2. The van der Waals surface area contributed by atoms with Crippen molar-refractivity contribution >= 4 is 73.0 Å². The zero-order valence-corrected chi connectivity index (χ0v) is 44.1. The Morgan fingerprint density at radius 1 is 0.636 bits per heavy atom. The van der Waals surface area contributed by atoms with E-state index in [0.717, 1.165) is 51.8 Å². The second-order valence-electron chi connectivity index (χ2n) is 19.7. The molecule has 0 radical (unpaired) electrons. The van der Waals surface area contributed by atoms with E-state index in [4.69, 9.17) is 23.3 Å². The van der Waals surface area contributed by atoms with Crippen LogP contribution in [0.4, 0.5) is 32.3 Å². The number of esters is 1. The van der Waals surface area contributed by atoms with E-state index in [2.05, 4.69) is 10.6 Å². The Balaban J connectivity index is 1.22. The second-order valence-corrected chi connectivity index (χ2v) is 22.8. The molecule has 406 valence electrons. The summed E-state index contributed by atoms with van der Waals surface area (Å²) < 4.78 is 80.2. The molecule has 1 aliphatic heterocycles. The summed E-state index contributed by atoms with van der Waals surface area (Å²) in [6.07, 6.45) is -1.95. The first-order valence-corrected chi connectivity index (χ1v) is 26.6. The Morgan fingerprint density at radius 3 is 1.45 bits per heavy atom. The number of anilines is 2. The lowest BCUT2D eigenvalue weighted by molar-refractivity contribution is -0.386. The monoisotopic (exact) mass is 1100 g/mol. The molecule has 26 heteroatoms. The molecule has 1 heterocycles. The van der Waals surface area contributed by atoms with E-state index in [0.29, 0.717) is 33.4 Å². The molecule has 4 N–H and O–H groups in total. The van der Waals surface area contributed by atoms with Gasteiger partial charge in [-0.2, -0.15) is 16.8 Å². The van der Waals surface area contributed by atoms with E-state index < -0.39 is 120 Å². The molecule has 24 nitrogen and oxygen atoms in total. The van der Waals surface area contributed by atoms with Crippen molar-refractivity contribution in [2.45, 2.75) is 64.3 Å². The number of hydrogen-bond donors (Lipinski definition) is 4. The number of nitrogens with one attached hydrogen (secondary N) is 2. The number of nitro benzene ring substituents is 2. The van der Waals surface area contributed by atoms with E-state index in [9.17, 15) is 61.0 Å². The number of hydrogen-bond acceptors (Lipinski definition) is 16. The maximum atomic E-state index is 14.0. The summed E-state index contributed by atoms with van der Waals surface area (Å²) in [7, 11) is -6.01. The van der Waals surface area contributed by atoms with Crippen LogP contribution >= 0.6 is 0 Å². The topological polar surface area (TPSA) is 339 Å². The quantitative estimate of drug-likeness (QED) is 0.0263. The van der Waals surface area contributed by atoms with Crippen LogP contribution in [-0.4, -0.2) is 104 Å². The largest absolute Gasteiger partial charge is 0.444 e. The number of carbonyl (C=O) groups excluding carboxylic acids is 5. The van der Waals surface area contributed by atoms with E-state index in [1.807, 2.05) is 46.8 Å². The highest BCUT2D eigenvalue weighted by Gasteiger charge is 2.56. The third kappa shape index (κ3) is 11.7. The fraction of sp³-hybridized carbons (Fsp3) is 0.314. The molecule has 77 heavy (non-hydrogen) atoms. The molecule has 0 saturated carbocycles. The van der Waals surface area contributed by atoms with E-state index in [1.165, 1.54) is 14.1 Å². The highest BCUT2D eigenvalue weighted by Crippen LogP contribution is 2.58. The minimum atomic E-state index is -4.40. The van der Waals surface area contributed by atoms with Gasteiger partial charge >= 0.3 is 18.2 Å². The highest BCUT2D eigenvalue weighted by atomic mass is 32.2. The number of fused-ring (bicyclic) bond motifs is 6. The van der Waals surface area contributed by atoms with Crippen molar-refractivity contribution in [3.8, 4) is 0 Å². The average Bonchev–Trinajstić information content (AvgIpc) is 3.92. The van der Waals surface area contributed by atoms with Gasteiger partial charge in [-0.05, 0) is 82.8 Å². The molecule has 2 aliphatic rings. The number of nitro groups is 2. The SMILES string of the molecule is CN(C(=O)OCc1cc(C(=O)NCCS(=O)(=O)O)ccc1[N+](=O)[O-])c1ccc2c(c1)C(C)(C)c1cc(N(C)C(=O)OCc3cc(C(=O)NCCS(=O)(=O)O)ccc3[N+](=O)[O-])ccc1C21OC(=O)c2ccc(C(C)(C)C)cc21. The highest BCUT2D eigenvalue weighted by molar-refractivity contribution is 7.86. The van der Waals surface area contributed by atoms with Gasteiger partial charge in [-0.1, -0.05) is 52.8 Å². The summed E-state index contributed by atoms with van der Waals surface area (Å²) in [5.41, 5.74) is -0.116. The molecule has 0 saturated heterocycles. The molecule has 0 unspecified atom stereocenters. The predicted molar refractivity (Wildman–Crippen MR) is 276 cm³/mol. The standard InChI is InChI=1S/C51H52N6O18S2/c1-49(2,3)33-10-13-36-39(24-33)51(75-46(36)60)37-14-11-34(54(6)47(61)73-27-31-22-29(8-16-42(31)56(63)64)44(58)52-18-20-76(67,68)69)25-40(37)50(4,5)41-26-35(12-15-38(41)51)55(7)48(62)74-28-32-23-30(9-17-43(32)57(65)66)45(59)53-19-21-77(70,71)72/h8-17,22-26H,18-21,27-28H2,1-7H3,(H,52,58)(H,53,59)(H,67,68,69)(H,70,71,72). The molecule has 7 rings (SSSR count). The van der Waals surface area contributed by atoms with Gasteiger partial charge in [0.05, 0.1) is 38.0 Å². The van der Waals surface area contributed by atoms with Gasteiger partial charge in [0.2, 0.25) is 0 Å². The average molecular weight is 1100 g/mol. The molecule has 0 fully saturated rings. The van der Waals surface area contributed by atoms with Crippen LogP contribution in [-0.2, 0) is 64.1 Å². The lowest BCUT2D eigenvalue weighted by Crippen LogP contribution is -2.42. The maximum Gasteiger partial charge on any atom is 0.414 e. The molecule has 1 aliphatic carbocycles. The first-order valence-electron chi connectivity index (χ1n) is 23.3. The Hall–Kier alpha value is -8.33. The summed E-state index contributed by atoms with van der Waals surface area (Å²) in [6, 6.07) is 22.0. The van der Waals surface area contributed by atoms with E-state index >= 15 is 0 Å². The Bertz CT molecular complexity index is 3350. The zero-order chi connectivity index (χ0) is 56.7. The minimum absolute atomic E-state index is 0.122. The van der Waals surface area contributed by atoms with Crippen molar-refractivity contribution in [2.75, 3.05) is 48.5 Å². The van der Waals surface area contributed by atoms with Crippen molar-refractivity contribution in [3.05, 3.63) is 172 Å². The number of ether oxygens (including phenoxy) is 3. The van der Waals surface area contributed by atoms with Crippen LogP contribution in [0.2, 0.25) is 0 Å². The molecule has 0 atom stereocenters. The predicted octanol–water partition coefficient (Wildman–Crippen LogP) is 6.68. The number of rotatable bonds is 16. The summed E-state index contributed by atoms with van der Waals surface area (Å²) in [4.78, 5) is 92.0. The van der Waals surface area contributed by atoms with Crippen LogP contribution in [0.25, 0.3) is 0 Å². The molecular formula is C51H52N6O18S2. The first kappa shape index (κ1) is 56.4. The van der Waals surface area contributed by atoms with Crippen molar-refractivity contribution in [1.82, 2.24) is 10.6 Å². The number of nitrogens with zero attached hydrogens (tertiary/aromatic N) is 4. The number of carbonyl (C=O) groups is 5. The number of amides is 4. The van der Waals surface area contributed by atoms with Crippen LogP contribution < -0.4 is 20.4 Å². The molecule has 1 spiro atoms. The molecular weight excluding hydrogens is 1050 g/mol. The zero-order valence-electron chi connectivity index (χ0n) is 42.4. The van der Waals surface area contributed by atoms with Crippen molar-refractivity contribution in [1.29, 1.82) is 0 Å². The summed E-state index contributed by atoms with van der Waals surface area (Å²) in [5, 5.41) is 28.5. The second kappa shape index (κ2) is 21.0. The molecule has 5 aromatic carbocycles. The van der Waals surface area contributed by atoms with Crippen molar-refractivity contribution in [3.63, 3.8) is 0 Å². The van der Waals surface area contributed by atoms with Gasteiger partial charge in [0.25, 0.3) is 43.4 Å². The van der Waals surface area contributed by atoms with Gasteiger partial charge in [0.1, 0.15) is 13.2 Å². The van der Waals surface area contributed by atoms with Crippen molar-refractivity contribution < 1.29 is 74.0 Å². The van der Waals surface area contributed by atoms with E-state index in [1.54, 1.807) is 42.5 Å². The molecule has 5 aromatic rings. The first-order chi connectivity index (χ1) is 35.8. The van der Waals surface area contributed by atoms with Crippen LogP contribution in [0.5, 0.6) is 0 Å². The lowest BCUT2D eigenvalue weighted by Gasteiger charge is -2.45. The van der Waals surface area contributed by atoms with Gasteiger partial charge < -0.3 is 24.8 Å². The van der Waals surface area contributed by atoms with Gasteiger partial charge in [-0.15, -0.1) is 0 Å². The summed E-state index contributed by atoms with van der Waals surface area (Å²) >= 11 is 0. The fourth-order valence-electron chi connectivity index (χ4n) is 9.06. The lowest BCUT2D eigenvalue weighted by atomic mass is 9.61. The van der Waals surface area contributed by atoms with Crippen molar-refractivity contribution in [2.24, 2.45) is 0 Å². The molecule has 0 aromatic heterocycles. The fourth-order valence-corrected chi connectivity index (χ4v) is 9.78. The van der Waals surface area contributed by atoms with E-state index in [-0.39, 0.29) is 39.0 Å². The van der Waals surface area contributed by atoms with Gasteiger partial charge in [0, 0.05) is 83.9 Å².